The molecule has 0 saturated carbocycles. The van der Waals surface area contributed by atoms with E-state index in [4.69, 9.17) is 0 Å². The van der Waals surface area contributed by atoms with Crippen LogP contribution in [0, 0.1) is 6.92 Å². The first kappa shape index (κ1) is 7.34. The van der Waals surface area contributed by atoms with Gasteiger partial charge in [0.25, 0.3) is 0 Å². The first-order valence-corrected chi connectivity index (χ1v) is 4.64. The molecule has 1 aliphatic heterocycles. The average Bonchev–Trinajstić information content (AvgIpc) is 2.08. The summed E-state index contributed by atoms with van der Waals surface area (Å²) in [4.78, 5) is 0. The molecule has 1 radical (unpaired) electrons. The summed E-state index contributed by atoms with van der Waals surface area (Å²) in [5.41, 5.74) is 0. The van der Waals surface area contributed by atoms with Crippen LogP contribution in [0.2, 0.25) is 0 Å². The molecule has 1 heterocycles. The number of hydrogen-bond donors (Lipinski definition) is 2. The quantitative estimate of drug-likeness (QED) is 0.590. The number of nitrogens with zero attached hydrogens (tertiary/aromatic N) is 1. The minimum absolute atomic E-state index is 0.502. The predicted molar refractivity (Wildman–Crippen MR) is 39.3 cm³/mol. The van der Waals surface area contributed by atoms with Gasteiger partial charge in [0.15, 0.2) is 0 Å². The fourth-order valence-electron chi connectivity index (χ4n) is 0.968. The van der Waals surface area contributed by atoms with Gasteiger partial charge in [-0.15, -0.1) is 10.8 Å². The molecule has 0 amide bonds. The number of rotatable bonds is 1. The molecular formula is C5H12NO2S. The monoisotopic (exact) mass is 150 g/mol. The maximum Gasteiger partial charge on any atom is 0.0543 e. The largest absolute Gasteiger partial charge is 0.285 e. The van der Waals surface area contributed by atoms with Crippen molar-refractivity contribution >= 4 is 10.8 Å². The van der Waals surface area contributed by atoms with Crippen molar-refractivity contribution in [3.05, 3.63) is 6.92 Å². The van der Waals surface area contributed by atoms with Gasteiger partial charge in [-0.3, -0.25) is 9.11 Å². The van der Waals surface area contributed by atoms with Crippen molar-refractivity contribution in [3.63, 3.8) is 0 Å². The Morgan fingerprint density at radius 1 is 1.56 bits per heavy atom. The van der Waals surface area contributed by atoms with Gasteiger partial charge in [-0.05, 0) is 13.3 Å². The van der Waals surface area contributed by atoms with Gasteiger partial charge in [0.2, 0.25) is 0 Å². The third kappa shape index (κ3) is 1.38. The van der Waals surface area contributed by atoms with Crippen LogP contribution in [0.5, 0.6) is 0 Å². The summed E-state index contributed by atoms with van der Waals surface area (Å²) in [6.07, 6.45) is 0.887. The topological polar surface area (TPSA) is 43.7 Å². The highest BCUT2D eigenvalue weighted by Crippen LogP contribution is 2.47. The van der Waals surface area contributed by atoms with E-state index in [-0.39, 0.29) is 0 Å². The molecule has 1 fully saturated rings. The second-order valence-electron chi connectivity index (χ2n) is 2.12. The summed E-state index contributed by atoms with van der Waals surface area (Å²) in [6.45, 7) is 4.88. The molecule has 0 aromatic rings. The van der Waals surface area contributed by atoms with E-state index in [1.54, 1.807) is 4.31 Å². The Labute approximate surface area is 57.2 Å². The molecule has 0 aromatic heterocycles. The second-order valence-corrected chi connectivity index (χ2v) is 4.31. The minimum atomic E-state index is -2.37. The van der Waals surface area contributed by atoms with Crippen LogP contribution in [0.1, 0.15) is 6.42 Å². The molecule has 9 heavy (non-hydrogen) atoms. The Hall–Kier alpha value is 0.230. The zero-order valence-electron chi connectivity index (χ0n) is 5.29. The molecule has 0 spiro atoms. The summed E-state index contributed by atoms with van der Waals surface area (Å²) in [6, 6.07) is 0. The lowest BCUT2D eigenvalue weighted by Gasteiger charge is -2.35. The lowest BCUT2D eigenvalue weighted by molar-refractivity contribution is 0.398. The fraction of sp³-hybridized carbons (Fsp3) is 0.800. The van der Waals surface area contributed by atoms with Gasteiger partial charge in [-0.2, -0.15) is 0 Å². The Kier molecular flexibility index (Phi) is 2.00. The molecule has 2 N–H and O–H groups in total. The average molecular weight is 150 g/mol. The molecule has 0 atom stereocenters. The summed E-state index contributed by atoms with van der Waals surface area (Å²) in [5.74, 6) is 0.530. The van der Waals surface area contributed by atoms with Crippen LogP contribution < -0.4 is 0 Å². The third-order valence-electron chi connectivity index (χ3n) is 1.49. The molecule has 1 rings (SSSR count). The van der Waals surface area contributed by atoms with Gasteiger partial charge in [-0.25, -0.2) is 4.31 Å². The zero-order valence-corrected chi connectivity index (χ0v) is 6.10. The van der Waals surface area contributed by atoms with E-state index in [9.17, 15) is 9.11 Å². The summed E-state index contributed by atoms with van der Waals surface area (Å²) in [5, 5.41) is 0. The smallest absolute Gasteiger partial charge is 0.0543 e. The van der Waals surface area contributed by atoms with Crippen molar-refractivity contribution in [2.45, 2.75) is 6.42 Å². The van der Waals surface area contributed by atoms with Crippen LogP contribution in [0.25, 0.3) is 0 Å². The molecule has 1 aliphatic rings. The van der Waals surface area contributed by atoms with Crippen LogP contribution in [0.4, 0.5) is 0 Å². The Morgan fingerprint density at radius 3 is 2.44 bits per heavy atom. The molecule has 0 unspecified atom stereocenters. The predicted octanol–water partition coefficient (Wildman–Crippen LogP) is 1.19. The SMILES string of the molecule is [CH2]CN1CCCS1(O)O. The van der Waals surface area contributed by atoms with E-state index in [1.807, 2.05) is 0 Å². The highest BCUT2D eigenvalue weighted by atomic mass is 32.3. The van der Waals surface area contributed by atoms with Gasteiger partial charge in [-0.1, -0.05) is 0 Å². The second kappa shape index (κ2) is 2.46. The molecule has 0 aromatic carbocycles. The van der Waals surface area contributed by atoms with Gasteiger partial charge in [0.1, 0.15) is 0 Å². The van der Waals surface area contributed by atoms with Gasteiger partial charge in [0, 0.05) is 13.1 Å². The molecule has 4 heteroatoms. The van der Waals surface area contributed by atoms with Crippen LogP contribution in [-0.2, 0) is 0 Å². The van der Waals surface area contributed by atoms with Crippen molar-refractivity contribution in [2.24, 2.45) is 0 Å². The Morgan fingerprint density at radius 2 is 2.22 bits per heavy atom. The lowest BCUT2D eigenvalue weighted by Crippen LogP contribution is -2.21. The van der Waals surface area contributed by atoms with E-state index in [1.165, 1.54) is 0 Å². The molecule has 0 aliphatic carbocycles. The van der Waals surface area contributed by atoms with Crippen LogP contribution in [-0.4, -0.2) is 32.3 Å². The van der Waals surface area contributed by atoms with E-state index in [0.717, 1.165) is 13.0 Å². The summed E-state index contributed by atoms with van der Waals surface area (Å²) >= 11 is 0. The molecule has 55 valence electrons. The first-order valence-electron chi connectivity index (χ1n) is 2.97. The standard InChI is InChI=1S/C5H12NO2S/c1-2-6-4-3-5-9(6,7)8/h7-8H,1-5H2. The first-order chi connectivity index (χ1) is 4.17. The Bertz CT molecular complexity index is 107. The van der Waals surface area contributed by atoms with Gasteiger partial charge < -0.3 is 0 Å². The maximum absolute atomic E-state index is 9.18. The van der Waals surface area contributed by atoms with Crippen molar-refractivity contribution in [1.82, 2.24) is 4.31 Å². The fourth-order valence-corrected chi connectivity index (χ4v) is 2.46. The molecule has 0 bridgehead atoms. The summed E-state index contributed by atoms with van der Waals surface area (Å²) in [7, 11) is -2.37. The van der Waals surface area contributed by atoms with Crippen molar-refractivity contribution in [2.75, 3.05) is 18.8 Å². The zero-order chi connectivity index (χ0) is 6.91. The molecular weight excluding hydrogens is 138 g/mol. The van der Waals surface area contributed by atoms with Crippen LogP contribution >= 0.6 is 10.8 Å². The minimum Gasteiger partial charge on any atom is -0.285 e. The van der Waals surface area contributed by atoms with E-state index < -0.39 is 10.8 Å². The molecule has 3 nitrogen and oxygen atoms in total. The highest BCUT2D eigenvalue weighted by molar-refractivity contribution is 8.22. The Balaban J connectivity index is 2.52. The van der Waals surface area contributed by atoms with E-state index >= 15 is 0 Å². The van der Waals surface area contributed by atoms with Crippen molar-refractivity contribution in [1.29, 1.82) is 0 Å². The normalized spacial score (nSPS) is 30.6. The van der Waals surface area contributed by atoms with Crippen molar-refractivity contribution in [3.8, 4) is 0 Å². The van der Waals surface area contributed by atoms with Crippen LogP contribution in [0.15, 0.2) is 0 Å². The van der Waals surface area contributed by atoms with Gasteiger partial charge >= 0.3 is 0 Å². The van der Waals surface area contributed by atoms with Gasteiger partial charge in [0.05, 0.1) is 5.75 Å². The molecule has 1 saturated heterocycles. The number of hydrogen-bond acceptors (Lipinski definition) is 3. The highest BCUT2D eigenvalue weighted by Gasteiger charge is 2.26. The third-order valence-corrected chi connectivity index (χ3v) is 3.52. The van der Waals surface area contributed by atoms with Crippen molar-refractivity contribution < 1.29 is 9.11 Å². The summed E-state index contributed by atoms with van der Waals surface area (Å²) < 4.78 is 20.0. The van der Waals surface area contributed by atoms with Crippen LogP contribution in [0.3, 0.4) is 0 Å². The lowest BCUT2D eigenvalue weighted by atomic mass is 10.5. The maximum atomic E-state index is 9.18. The van der Waals surface area contributed by atoms with E-state index in [0.29, 0.717) is 12.3 Å². The van der Waals surface area contributed by atoms with E-state index in [2.05, 4.69) is 6.92 Å².